The first-order valence-electron chi connectivity index (χ1n) is 21.0. The normalized spacial score (nSPS) is 11.5. The predicted molar refractivity (Wildman–Crippen MR) is 256 cm³/mol. The number of nitrogens with zero attached hydrogens (tertiary/aromatic N) is 5. The van der Waals surface area contributed by atoms with Crippen LogP contribution in [0.5, 0.6) is 0 Å². The number of aromatic nitrogens is 5. The second-order valence-corrected chi connectivity index (χ2v) is 15.6. The van der Waals surface area contributed by atoms with Crippen LogP contribution in [0.3, 0.4) is 0 Å². The zero-order valence-electron chi connectivity index (χ0n) is 33.6. The van der Waals surface area contributed by atoms with E-state index in [1.807, 2.05) is 36.4 Å². The first kappa shape index (κ1) is 35.5. The molecule has 0 spiro atoms. The van der Waals surface area contributed by atoms with Gasteiger partial charge in [0.25, 0.3) is 0 Å². The highest BCUT2D eigenvalue weighted by molar-refractivity contribution is 6.12. The summed E-state index contributed by atoms with van der Waals surface area (Å²) < 4.78 is 4.89. The Bertz CT molecular complexity index is 3330. The molecule has 9 aromatic carbocycles. The second kappa shape index (κ2) is 14.7. The average Bonchev–Trinajstić information content (AvgIpc) is 3.87. The molecule has 3 aromatic heterocycles. The third kappa shape index (κ3) is 5.82. The van der Waals surface area contributed by atoms with Crippen LogP contribution in [0.15, 0.2) is 224 Å². The number of hydrogen-bond donors (Lipinski definition) is 0. The highest BCUT2D eigenvalue weighted by Crippen LogP contribution is 2.46. The summed E-state index contributed by atoms with van der Waals surface area (Å²) in [7, 11) is 0. The fraction of sp³-hybridized carbons (Fsp3) is 0. The van der Waals surface area contributed by atoms with Gasteiger partial charge in [0.2, 0.25) is 0 Å². The van der Waals surface area contributed by atoms with Crippen LogP contribution in [-0.2, 0) is 0 Å². The van der Waals surface area contributed by atoms with Gasteiger partial charge in [-0.25, -0.2) is 15.0 Å². The highest BCUT2D eigenvalue weighted by Gasteiger charge is 2.26. The number of hydrogen-bond acceptors (Lipinski definition) is 3. The maximum Gasteiger partial charge on any atom is 0.164 e. The molecule has 5 nitrogen and oxygen atoms in total. The third-order valence-electron chi connectivity index (χ3n) is 12.0. The van der Waals surface area contributed by atoms with Gasteiger partial charge in [-0.15, -0.1) is 0 Å². The summed E-state index contributed by atoms with van der Waals surface area (Å²) in [5.74, 6) is 1.82. The van der Waals surface area contributed by atoms with Crippen molar-refractivity contribution in [2.24, 2.45) is 0 Å². The van der Waals surface area contributed by atoms with E-state index in [1.54, 1.807) is 0 Å². The molecule has 0 aliphatic heterocycles. The Morgan fingerprint density at radius 3 is 0.968 bits per heavy atom. The summed E-state index contributed by atoms with van der Waals surface area (Å²) >= 11 is 0. The van der Waals surface area contributed by atoms with E-state index >= 15 is 0 Å². The van der Waals surface area contributed by atoms with Crippen LogP contribution in [0.1, 0.15) is 0 Å². The maximum absolute atomic E-state index is 5.32. The lowest BCUT2D eigenvalue weighted by atomic mass is 9.91. The topological polar surface area (TPSA) is 48.5 Å². The molecule has 0 radical (unpaired) electrons. The van der Waals surface area contributed by atoms with Gasteiger partial charge in [0.1, 0.15) is 0 Å². The van der Waals surface area contributed by atoms with Crippen LogP contribution in [0, 0.1) is 0 Å². The molecule has 12 aromatic rings. The van der Waals surface area contributed by atoms with Crippen molar-refractivity contribution < 1.29 is 0 Å². The van der Waals surface area contributed by atoms with Gasteiger partial charge in [0, 0.05) is 43.8 Å². The summed E-state index contributed by atoms with van der Waals surface area (Å²) in [5, 5.41) is 4.75. The molecule has 62 heavy (non-hydrogen) atoms. The summed E-state index contributed by atoms with van der Waals surface area (Å²) in [5.41, 5.74) is 13.7. The third-order valence-corrected chi connectivity index (χ3v) is 12.0. The summed E-state index contributed by atoms with van der Waals surface area (Å²) in [6.07, 6.45) is 0. The molecule has 0 saturated carbocycles. The molecule has 5 heteroatoms. The van der Waals surface area contributed by atoms with E-state index in [-0.39, 0.29) is 0 Å². The molecule has 0 atom stereocenters. The molecule has 3 heterocycles. The van der Waals surface area contributed by atoms with Crippen molar-refractivity contribution in [1.29, 1.82) is 0 Å². The van der Waals surface area contributed by atoms with Crippen molar-refractivity contribution in [3.8, 4) is 67.8 Å². The predicted octanol–water partition coefficient (Wildman–Crippen LogP) is 14.4. The van der Waals surface area contributed by atoms with Crippen molar-refractivity contribution in [1.82, 2.24) is 24.1 Å². The lowest BCUT2D eigenvalue weighted by molar-refractivity contribution is 1.07. The van der Waals surface area contributed by atoms with Crippen LogP contribution in [-0.4, -0.2) is 24.1 Å². The quantitative estimate of drug-likeness (QED) is 0.162. The maximum atomic E-state index is 5.32. The Labute approximate surface area is 358 Å². The van der Waals surface area contributed by atoms with Crippen LogP contribution in [0.2, 0.25) is 0 Å². The van der Waals surface area contributed by atoms with E-state index in [1.165, 1.54) is 21.5 Å². The molecule has 0 bridgehead atoms. The monoisotopic (exact) mass is 791 g/mol. The Morgan fingerprint density at radius 1 is 0.258 bits per heavy atom. The smallest absolute Gasteiger partial charge is 0.164 e. The van der Waals surface area contributed by atoms with Crippen molar-refractivity contribution in [2.45, 2.75) is 0 Å². The minimum absolute atomic E-state index is 0.588. The first-order chi connectivity index (χ1) is 30.8. The van der Waals surface area contributed by atoms with E-state index in [2.05, 4.69) is 197 Å². The van der Waals surface area contributed by atoms with Gasteiger partial charge >= 0.3 is 0 Å². The van der Waals surface area contributed by atoms with Crippen molar-refractivity contribution in [2.75, 3.05) is 0 Å². The van der Waals surface area contributed by atoms with Gasteiger partial charge in [-0.2, -0.15) is 0 Å². The minimum atomic E-state index is 0.588. The zero-order valence-corrected chi connectivity index (χ0v) is 33.6. The van der Waals surface area contributed by atoms with Gasteiger partial charge in [-0.05, 0) is 53.1 Å². The first-order valence-corrected chi connectivity index (χ1v) is 21.0. The van der Waals surface area contributed by atoms with Crippen LogP contribution in [0.4, 0.5) is 0 Å². The Hall–Kier alpha value is -8.41. The van der Waals surface area contributed by atoms with Crippen LogP contribution in [0.25, 0.3) is 111 Å². The van der Waals surface area contributed by atoms with Crippen LogP contribution >= 0.6 is 0 Å². The molecule has 290 valence electrons. The van der Waals surface area contributed by atoms with Gasteiger partial charge < -0.3 is 9.13 Å². The largest absolute Gasteiger partial charge is 0.309 e. The number of rotatable bonds is 7. The standard InChI is InChI=1S/C57H37N5/c1-4-20-38(21-5-1)42-26-10-11-31-47(42)54-52(61-48-32-16-12-27-43(48)44-28-13-17-33-49(44)61)36-41(37-53(54)62-50-34-18-14-29-45(50)46-30-15-19-35-51(46)62)57-59-55(39-22-6-2-7-23-39)58-56(60-57)40-24-8-3-9-25-40/h1-37H. The SMILES string of the molecule is c1ccc(-c2nc(-c3ccccc3)nc(-c3cc(-n4c5ccccc5c5ccccc54)c(-c4ccccc4-c4ccccc4)c(-n4c5ccccc5c5ccccc54)c3)n2)cc1. The summed E-state index contributed by atoms with van der Waals surface area (Å²) in [6.45, 7) is 0. The van der Waals surface area contributed by atoms with E-state index < -0.39 is 0 Å². The lowest BCUT2D eigenvalue weighted by Crippen LogP contribution is -2.07. The molecule has 0 unspecified atom stereocenters. The molecular formula is C57H37N5. The Kier molecular flexibility index (Phi) is 8.42. The molecule has 0 amide bonds. The number of para-hydroxylation sites is 4. The lowest BCUT2D eigenvalue weighted by Gasteiger charge is -2.23. The zero-order chi connectivity index (χ0) is 41.0. The van der Waals surface area contributed by atoms with Gasteiger partial charge in [0.05, 0.1) is 33.4 Å². The molecule has 0 aliphatic carbocycles. The van der Waals surface area contributed by atoms with Gasteiger partial charge in [-0.1, -0.05) is 188 Å². The van der Waals surface area contributed by atoms with E-state index in [0.29, 0.717) is 17.5 Å². The summed E-state index contributed by atoms with van der Waals surface area (Å²) in [4.78, 5) is 15.7. The molecule has 12 rings (SSSR count). The van der Waals surface area contributed by atoms with Crippen LogP contribution < -0.4 is 0 Å². The molecule has 0 saturated heterocycles. The Balaban J connectivity index is 1.29. The van der Waals surface area contributed by atoms with Crippen molar-refractivity contribution >= 4 is 43.6 Å². The molecular weight excluding hydrogens is 755 g/mol. The number of fused-ring (bicyclic) bond motifs is 6. The molecule has 0 fully saturated rings. The second-order valence-electron chi connectivity index (χ2n) is 15.6. The fourth-order valence-corrected chi connectivity index (χ4v) is 9.24. The molecule has 0 aliphatic rings. The van der Waals surface area contributed by atoms with E-state index in [0.717, 1.165) is 72.4 Å². The van der Waals surface area contributed by atoms with Crippen molar-refractivity contribution in [3.05, 3.63) is 224 Å². The van der Waals surface area contributed by atoms with Crippen molar-refractivity contribution in [3.63, 3.8) is 0 Å². The van der Waals surface area contributed by atoms with E-state index in [9.17, 15) is 0 Å². The highest BCUT2D eigenvalue weighted by atomic mass is 15.1. The number of benzene rings is 9. The van der Waals surface area contributed by atoms with E-state index in [4.69, 9.17) is 15.0 Å². The summed E-state index contributed by atoms with van der Waals surface area (Å²) in [6, 6.07) is 79.5. The Morgan fingerprint density at radius 2 is 0.565 bits per heavy atom. The average molecular weight is 792 g/mol. The molecule has 0 N–H and O–H groups in total. The van der Waals surface area contributed by atoms with Gasteiger partial charge in [0.15, 0.2) is 17.5 Å². The minimum Gasteiger partial charge on any atom is -0.309 e. The van der Waals surface area contributed by atoms with Gasteiger partial charge in [-0.3, -0.25) is 0 Å². The fourth-order valence-electron chi connectivity index (χ4n) is 9.24.